The van der Waals surface area contributed by atoms with E-state index in [1.807, 2.05) is 6.07 Å². The number of imide groups is 2. The molecule has 3 saturated heterocycles. The van der Waals surface area contributed by atoms with E-state index in [0.29, 0.717) is 39.8 Å². The van der Waals surface area contributed by atoms with E-state index in [2.05, 4.69) is 35.3 Å². The monoisotopic (exact) mass is 720 g/mol. The summed E-state index contributed by atoms with van der Waals surface area (Å²) in [6.45, 7) is 4.68. The molecule has 9 rings (SSSR count). The molecule has 1 aliphatic carbocycles. The molecule has 5 aliphatic rings. The first-order valence-electron chi connectivity index (χ1n) is 18.1. The molecule has 4 aromatic rings. The second kappa shape index (κ2) is 12.8. The molecule has 1 saturated carbocycles. The molecular formula is C38H37FN8O6. The van der Waals surface area contributed by atoms with Crippen LogP contribution in [0.15, 0.2) is 63.9 Å². The SMILES string of the molecule is O=C1CCC(N2C(=O)c3cccc(N4CCC5(CC4)CC(N4CCN(c6ncc(F)c(Nc7ccc8oc(=O)ccc8c7)n6)CC4)C5)c3C2=O)C(=O)N1. The van der Waals surface area contributed by atoms with Crippen LogP contribution in [-0.4, -0.2) is 94.7 Å². The zero-order valence-electron chi connectivity index (χ0n) is 28.8. The largest absolute Gasteiger partial charge is 0.423 e. The molecule has 0 radical (unpaired) electrons. The fraction of sp³-hybridized carbons (Fsp3) is 0.395. The summed E-state index contributed by atoms with van der Waals surface area (Å²) < 4.78 is 20.0. The van der Waals surface area contributed by atoms with Crippen LogP contribution in [0.25, 0.3) is 11.0 Å². The highest BCUT2D eigenvalue weighted by Gasteiger charge is 2.50. The van der Waals surface area contributed by atoms with Gasteiger partial charge in [0.2, 0.25) is 17.8 Å². The molecule has 53 heavy (non-hydrogen) atoms. The minimum Gasteiger partial charge on any atom is -0.423 e. The summed E-state index contributed by atoms with van der Waals surface area (Å²) in [4.78, 5) is 79.3. The lowest BCUT2D eigenvalue weighted by Crippen LogP contribution is -2.59. The van der Waals surface area contributed by atoms with Gasteiger partial charge in [-0.15, -0.1) is 0 Å². The van der Waals surface area contributed by atoms with Crippen molar-refractivity contribution in [2.75, 3.05) is 54.4 Å². The van der Waals surface area contributed by atoms with Crippen LogP contribution in [0.3, 0.4) is 0 Å². The number of amides is 4. The minimum atomic E-state index is -0.987. The standard InChI is InChI=1S/C38H37FN8O6/c39-26-21-40-37(43-33(26)41-23-5-7-29-22(18-23)4-9-31(49)53-29)46-16-14-44(15-17-46)24-19-38(20-24)10-12-45(13-11-38)27-3-1-2-25-32(27)36(52)47(35(25)51)28-6-8-30(48)42-34(28)50/h1-5,7,9,18,21,24,28H,6,8,10-17,19-20H2,(H,40,41,43)(H,42,48,50). The van der Waals surface area contributed by atoms with E-state index < -0.39 is 41.1 Å². The third-order valence-electron chi connectivity index (χ3n) is 11.7. The number of fused-ring (bicyclic) bond motifs is 2. The van der Waals surface area contributed by atoms with Crippen LogP contribution >= 0.6 is 0 Å². The van der Waals surface area contributed by atoms with Gasteiger partial charge >= 0.3 is 5.63 Å². The number of nitrogens with one attached hydrogen (secondary N) is 2. The number of carbonyl (C=O) groups is 4. The Balaban J connectivity index is 0.793. The van der Waals surface area contributed by atoms with Crippen LogP contribution in [-0.2, 0) is 9.59 Å². The molecule has 272 valence electrons. The average molecular weight is 721 g/mol. The highest BCUT2D eigenvalue weighted by atomic mass is 19.1. The van der Waals surface area contributed by atoms with Crippen LogP contribution in [0.5, 0.6) is 0 Å². The summed E-state index contributed by atoms with van der Waals surface area (Å²) >= 11 is 0. The van der Waals surface area contributed by atoms with Crippen molar-refractivity contribution in [1.29, 1.82) is 0 Å². The Bertz CT molecular complexity index is 2240. The van der Waals surface area contributed by atoms with Gasteiger partial charge in [0.25, 0.3) is 11.8 Å². The van der Waals surface area contributed by atoms with Gasteiger partial charge in [0.15, 0.2) is 11.6 Å². The number of aromatic nitrogens is 2. The first kappa shape index (κ1) is 33.2. The van der Waals surface area contributed by atoms with Gasteiger partial charge in [0.1, 0.15) is 11.6 Å². The van der Waals surface area contributed by atoms with E-state index in [-0.39, 0.29) is 24.1 Å². The van der Waals surface area contributed by atoms with E-state index >= 15 is 0 Å². The van der Waals surface area contributed by atoms with Gasteiger partial charge in [-0.05, 0) is 73.9 Å². The molecular weight excluding hydrogens is 683 g/mol. The van der Waals surface area contributed by atoms with E-state index in [0.717, 1.165) is 75.5 Å². The Morgan fingerprint density at radius 3 is 2.45 bits per heavy atom. The van der Waals surface area contributed by atoms with Crippen LogP contribution < -0.4 is 26.1 Å². The topological polar surface area (TPSA) is 161 Å². The molecule has 0 bridgehead atoms. The summed E-state index contributed by atoms with van der Waals surface area (Å²) in [6.07, 6.45) is 5.57. The highest BCUT2D eigenvalue weighted by molar-refractivity contribution is 6.25. The zero-order valence-corrected chi connectivity index (χ0v) is 28.8. The van der Waals surface area contributed by atoms with Crippen LogP contribution in [0.4, 0.5) is 27.5 Å². The van der Waals surface area contributed by atoms with E-state index in [9.17, 15) is 28.4 Å². The lowest BCUT2D eigenvalue weighted by molar-refractivity contribution is -0.136. The Kier molecular flexibility index (Phi) is 7.98. The van der Waals surface area contributed by atoms with Crippen molar-refractivity contribution < 1.29 is 28.0 Å². The van der Waals surface area contributed by atoms with Crippen molar-refractivity contribution in [3.05, 3.63) is 82.1 Å². The van der Waals surface area contributed by atoms with Crippen LogP contribution in [0.1, 0.15) is 59.2 Å². The van der Waals surface area contributed by atoms with Crippen molar-refractivity contribution in [3.8, 4) is 0 Å². The molecule has 2 aromatic carbocycles. The van der Waals surface area contributed by atoms with Gasteiger partial charge in [-0.2, -0.15) is 4.98 Å². The Morgan fingerprint density at radius 1 is 0.887 bits per heavy atom. The second-order valence-electron chi connectivity index (χ2n) is 14.7. The maximum absolute atomic E-state index is 14.8. The predicted molar refractivity (Wildman–Crippen MR) is 192 cm³/mol. The van der Waals surface area contributed by atoms with Gasteiger partial charge in [0, 0.05) is 68.9 Å². The molecule has 1 atom stereocenters. The molecule has 1 spiro atoms. The van der Waals surface area contributed by atoms with Gasteiger partial charge < -0.3 is 19.5 Å². The number of halogens is 1. The molecule has 15 heteroatoms. The number of rotatable bonds is 6. The summed E-state index contributed by atoms with van der Waals surface area (Å²) in [7, 11) is 0. The molecule has 2 N–H and O–H groups in total. The number of carbonyl (C=O) groups excluding carboxylic acids is 4. The van der Waals surface area contributed by atoms with E-state index in [4.69, 9.17) is 4.42 Å². The maximum atomic E-state index is 14.8. The Hall–Kier alpha value is -5.70. The number of hydrogen-bond donors (Lipinski definition) is 2. The molecule has 4 aliphatic heterocycles. The molecule has 14 nitrogen and oxygen atoms in total. The van der Waals surface area contributed by atoms with Crippen LogP contribution in [0, 0.1) is 11.2 Å². The van der Waals surface area contributed by atoms with Gasteiger partial charge in [-0.1, -0.05) is 6.07 Å². The fourth-order valence-corrected chi connectivity index (χ4v) is 8.76. The smallest absolute Gasteiger partial charge is 0.336 e. The number of piperidine rings is 2. The normalized spacial score (nSPS) is 22.0. The molecule has 2 aromatic heterocycles. The van der Waals surface area contributed by atoms with Crippen molar-refractivity contribution in [2.45, 2.75) is 50.6 Å². The first-order valence-corrected chi connectivity index (χ1v) is 18.1. The highest BCUT2D eigenvalue weighted by Crippen LogP contribution is 2.52. The molecule has 4 amide bonds. The number of anilines is 4. The Morgan fingerprint density at radius 2 is 1.68 bits per heavy atom. The molecule has 4 fully saturated rings. The van der Waals surface area contributed by atoms with Crippen LogP contribution in [0.2, 0.25) is 0 Å². The first-order chi connectivity index (χ1) is 25.6. The zero-order chi connectivity index (χ0) is 36.4. The average Bonchev–Trinajstić information content (AvgIpc) is 3.40. The summed E-state index contributed by atoms with van der Waals surface area (Å²) in [6, 6.07) is 12.9. The van der Waals surface area contributed by atoms with E-state index in [1.54, 1.807) is 36.4 Å². The predicted octanol–water partition coefficient (Wildman–Crippen LogP) is 3.44. The van der Waals surface area contributed by atoms with Crippen molar-refractivity contribution in [1.82, 2.24) is 25.1 Å². The van der Waals surface area contributed by atoms with Gasteiger partial charge in [-0.25, -0.2) is 14.2 Å². The molecule has 6 heterocycles. The van der Waals surface area contributed by atoms with Crippen molar-refractivity contribution >= 4 is 57.7 Å². The second-order valence-corrected chi connectivity index (χ2v) is 14.7. The lowest BCUT2D eigenvalue weighted by Gasteiger charge is -2.56. The third kappa shape index (κ3) is 5.88. The number of hydrogen-bond acceptors (Lipinski definition) is 12. The quantitative estimate of drug-likeness (QED) is 0.221. The molecule has 1 unspecified atom stereocenters. The Labute approximate surface area is 302 Å². The minimum absolute atomic E-state index is 0.0736. The lowest BCUT2D eigenvalue weighted by atomic mass is 9.60. The summed E-state index contributed by atoms with van der Waals surface area (Å²) in [5, 5.41) is 6.00. The van der Waals surface area contributed by atoms with E-state index in [1.165, 1.54) is 12.3 Å². The third-order valence-corrected chi connectivity index (χ3v) is 11.7. The summed E-state index contributed by atoms with van der Waals surface area (Å²) in [5.41, 5.74) is 2.24. The fourth-order valence-electron chi connectivity index (χ4n) is 8.76. The summed E-state index contributed by atoms with van der Waals surface area (Å²) in [5.74, 6) is -1.99. The van der Waals surface area contributed by atoms with Gasteiger partial charge in [0.05, 0.1) is 23.0 Å². The van der Waals surface area contributed by atoms with Crippen molar-refractivity contribution in [3.63, 3.8) is 0 Å². The maximum Gasteiger partial charge on any atom is 0.336 e. The van der Waals surface area contributed by atoms with Crippen molar-refractivity contribution in [2.24, 2.45) is 5.41 Å². The number of nitrogens with zero attached hydrogens (tertiary/aromatic N) is 6. The van der Waals surface area contributed by atoms with Gasteiger partial charge in [-0.3, -0.25) is 34.3 Å². The number of piperazine rings is 1. The number of benzene rings is 2.